The number of rotatable bonds is 5. The maximum absolute atomic E-state index is 14.3. The van der Waals surface area contributed by atoms with Crippen molar-refractivity contribution in [2.24, 2.45) is 0 Å². The predicted octanol–water partition coefficient (Wildman–Crippen LogP) is 11.2. The van der Waals surface area contributed by atoms with Gasteiger partial charge in [0.15, 0.2) is 0 Å². The fourth-order valence-corrected chi connectivity index (χ4v) is 12.3. The van der Waals surface area contributed by atoms with Crippen LogP contribution in [-0.2, 0) is 29.8 Å². The summed E-state index contributed by atoms with van der Waals surface area (Å²) in [4.78, 5) is 34.4. The summed E-state index contributed by atoms with van der Waals surface area (Å²) in [5, 5.41) is 5.78. The van der Waals surface area contributed by atoms with Gasteiger partial charge in [0, 0.05) is 123 Å². The highest BCUT2D eigenvalue weighted by atomic mass is 35.5. The molecule has 0 atom stereocenters. The lowest BCUT2D eigenvalue weighted by atomic mass is 9.78. The van der Waals surface area contributed by atoms with Crippen molar-refractivity contribution in [3.63, 3.8) is 0 Å². The number of anilines is 5. The van der Waals surface area contributed by atoms with Crippen LogP contribution in [-0.4, -0.2) is 122 Å². The molecule has 8 aromatic rings. The van der Waals surface area contributed by atoms with E-state index in [0.29, 0.717) is 70.6 Å². The second-order valence-corrected chi connectivity index (χ2v) is 21.4. The molecule has 4 saturated heterocycles. The Kier molecular flexibility index (Phi) is 14.8. The first-order valence-electron chi connectivity index (χ1n) is 26.9. The number of aromatic nitrogens is 6. The van der Waals surface area contributed by atoms with Gasteiger partial charge in [-0.05, 0) is 99.2 Å². The normalized spacial score (nSPS) is 18.2. The predicted molar refractivity (Wildman–Crippen MR) is 298 cm³/mol. The van der Waals surface area contributed by atoms with Crippen molar-refractivity contribution in [3.05, 3.63) is 149 Å². The van der Waals surface area contributed by atoms with Crippen LogP contribution >= 0.6 is 11.6 Å². The van der Waals surface area contributed by atoms with Gasteiger partial charge in [-0.3, -0.25) is 19.9 Å². The molecule has 6 aromatic heterocycles. The van der Waals surface area contributed by atoms with Crippen LogP contribution in [0.5, 0.6) is 0 Å². The topological polar surface area (TPSA) is 136 Å². The van der Waals surface area contributed by atoms with E-state index < -0.39 is 23.3 Å². The number of halogens is 5. The van der Waals surface area contributed by atoms with Crippen LogP contribution in [0.25, 0.3) is 44.3 Å². The van der Waals surface area contributed by atoms with Crippen molar-refractivity contribution >= 4 is 61.8 Å². The minimum absolute atomic E-state index is 0.142. The average Bonchev–Trinajstić information content (AvgIpc) is 4.22. The van der Waals surface area contributed by atoms with E-state index in [1.807, 2.05) is 25.4 Å². The molecule has 0 unspecified atom stereocenters. The second kappa shape index (κ2) is 22.2. The van der Waals surface area contributed by atoms with Crippen LogP contribution in [0.15, 0.2) is 97.8 Å². The molecule has 2 aromatic carbocycles. The highest BCUT2D eigenvalue weighted by Gasteiger charge is 2.47. The quantitative estimate of drug-likeness (QED) is 0.164. The van der Waals surface area contributed by atoms with Gasteiger partial charge in [0.05, 0.1) is 118 Å². The molecule has 4 fully saturated rings. The highest BCUT2D eigenvalue weighted by Crippen LogP contribution is 2.52. The Morgan fingerprint density at radius 3 is 1.59 bits per heavy atom. The van der Waals surface area contributed by atoms with Crippen LogP contribution in [0.4, 0.5) is 46.0 Å². The highest BCUT2D eigenvalue weighted by molar-refractivity contribution is 6.36. The lowest BCUT2D eigenvalue weighted by Crippen LogP contribution is -2.38. The Hall–Kier alpha value is -7.09. The van der Waals surface area contributed by atoms with E-state index in [1.165, 1.54) is 41.3 Å². The first-order chi connectivity index (χ1) is 38.5. The number of benzene rings is 2. The van der Waals surface area contributed by atoms with Gasteiger partial charge in [-0.25, -0.2) is 27.5 Å². The molecule has 0 saturated carbocycles. The standard InChI is InChI=1S/C30H29F2N5O2.C15H9ClF2N2.C15H21N3O2/c1-19-27(20-12-21(31)14-22(32)13-20)35-25-17-33-5-2-24(25)28(19)37-18-30(3-8-38-9-4-30)29-26(37)15-23(16-34-29)36-6-10-39-11-7-36;1-8-14(16)12-2-3-19-7-13(12)20-15(8)9-4-10(17)6-11(18)5-9;1-5-19-6-2-15(1)11-17-13-9-12(10-16-14(13)15)18-3-7-20-8-4-18/h2,5,12-17H,3-4,6-11,18H2,1H3;2-7H,1H3;9-10,17H,1-8,11H2. The summed E-state index contributed by atoms with van der Waals surface area (Å²) in [6.45, 7) is 15.1. The summed E-state index contributed by atoms with van der Waals surface area (Å²) in [6.07, 6.45) is 14.6. The Morgan fingerprint density at radius 1 is 0.544 bits per heavy atom. The first-order valence-corrected chi connectivity index (χ1v) is 27.2. The van der Waals surface area contributed by atoms with E-state index in [2.05, 4.69) is 47.1 Å². The van der Waals surface area contributed by atoms with Gasteiger partial charge in [0.1, 0.15) is 23.3 Å². The number of pyridine rings is 6. The molecular formula is C60H59ClF4N10O4. The zero-order valence-corrected chi connectivity index (χ0v) is 44.8. The third-order valence-electron chi connectivity index (χ3n) is 16.2. The maximum Gasteiger partial charge on any atom is 0.126 e. The molecule has 0 amide bonds. The van der Waals surface area contributed by atoms with E-state index in [0.717, 1.165) is 143 Å². The number of morpholine rings is 2. The van der Waals surface area contributed by atoms with Crippen molar-refractivity contribution in [1.29, 1.82) is 0 Å². The molecule has 0 radical (unpaired) electrons. The molecule has 14 nitrogen and oxygen atoms in total. The van der Waals surface area contributed by atoms with E-state index in [4.69, 9.17) is 45.5 Å². The molecule has 0 aliphatic carbocycles. The molecule has 14 rings (SSSR count). The molecular weight excluding hydrogens is 1040 g/mol. The number of hydrogen-bond acceptors (Lipinski definition) is 14. The summed E-state index contributed by atoms with van der Waals surface area (Å²) < 4.78 is 77.5. The number of hydrogen-bond donors (Lipinski definition) is 1. The minimum atomic E-state index is -0.649. The number of nitrogens with one attached hydrogen (secondary N) is 1. The molecule has 0 bridgehead atoms. The maximum atomic E-state index is 14.3. The number of nitrogens with zero attached hydrogens (tertiary/aromatic N) is 9. The third-order valence-corrected chi connectivity index (χ3v) is 16.7. The van der Waals surface area contributed by atoms with Gasteiger partial charge >= 0.3 is 0 Å². The lowest BCUT2D eigenvalue weighted by Gasteiger charge is -2.34. The van der Waals surface area contributed by atoms with Gasteiger partial charge in [-0.2, -0.15) is 0 Å². The molecule has 6 aliphatic heterocycles. The largest absolute Gasteiger partial charge is 0.383 e. The monoisotopic (exact) mass is 1090 g/mol. The fraction of sp³-hybridized carbons (Fsp3) is 0.367. The second-order valence-electron chi connectivity index (χ2n) is 21.0. The third kappa shape index (κ3) is 10.4. The SMILES string of the molecule is Cc1c(-c2cc(F)cc(F)c2)nc2cnccc2c1Cl.Cc1c(-c2cc(F)cc(F)c2)nc2cnccc2c1N1CC2(CCOCC2)c2ncc(N3CCOCC3)cc21.c1nc2c(cc1N1CCOCC1)NCC21CCOCC1. The Morgan fingerprint density at radius 2 is 1.03 bits per heavy atom. The molecule has 1 N–H and O–H groups in total. The van der Waals surface area contributed by atoms with Crippen molar-refractivity contribution in [2.45, 2.75) is 50.4 Å². The number of fused-ring (bicyclic) bond motifs is 6. The van der Waals surface area contributed by atoms with Gasteiger partial charge < -0.3 is 39.0 Å². The summed E-state index contributed by atoms with van der Waals surface area (Å²) in [5.41, 5.74) is 12.4. The summed E-state index contributed by atoms with van der Waals surface area (Å²) >= 11 is 6.31. The Labute approximate surface area is 460 Å². The van der Waals surface area contributed by atoms with Crippen LogP contribution in [0, 0.1) is 37.1 Å². The van der Waals surface area contributed by atoms with Crippen LogP contribution in [0.3, 0.4) is 0 Å². The molecule has 6 aliphatic rings. The van der Waals surface area contributed by atoms with Gasteiger partial charge in [0.25, 0.3) is 0 Å². The van der Waals surface area contributed by atoms with Gasteiger partial charge in [-0.1, -0.05) is 11.6 Å². The smallest absolute Gasteiger partial charge is 0.126 e. The van der Waals surface area contributed by atoms with Crippen molar-refractivity contribution in [2.75, 3.05) is 112 Å². The van der Waals surface area contributed by atoms with E-state index in [1.54, 1.807) is 37.8 Å². The average molecular weight is 1100 g/mol. The number of ether oxygens (including phenoxy) is 4. The summed E-state index contributed by atoms with van der Waals surface area (Å²) in [7, 11) is 0. The lowest BCUT2D eigenvalue weighted by molar-refractivity contribution is 0.0545. The summed E-state index contributed by atoms with van der Waals surface area (Å²) in [6, 6.07) is 15.1. The van der Waals surface area contributed by atoms with Crippen LogP contribution in [0.1, 0.15) is 48.2 Å². The minimum Gasteiger partial charge on any atom is -0.383 e. The summed E-state index contributed by atoms with van der Waals surface area (Å²) in [5.74, 6) is -2.57. The molecule has 79 heavy (non-hydrogen) atoms. The fourth-order valence-electron chi connectivity index (χ4n) is 12.1. The molecule has 19 heteroatoms. The zero-order valence-electron chi connectivity index (χ0n) is 44.0. The van der Waals surface area contributed by atoms with Crippen LogP contribution in [0.2, 0.25) is 5.02 Å². The van der Waals surface area contributed by atoms with E-state index in [9.17, 15) is 17.6 Å². The molecule has 2 spiro atoms. The Balaban J connectivity index is 0.000000131. The van der Waals surface area contributed by atoms with Crippen molar-refractivity contribution in [1.82, 2.24) is 29.9 Å². The van der Waals surface area contributed by atoms with Gasteiger partial charge in [0.2, 0.25) is 0 Å². The van der Waals surface area contributed by atoms with E-state index in [-0.39, 0.29) is 10.8 Å². The molecule has 12 heterocycles. The van der Waals surface area contributed by atoms with Crippen molar-refractivity contribution in [3.8, 4) is 22.5 Å². The molecule has 408 valence electrons. The first kappa shape index (κ1) is 52.6. The van der Waals surface area contributed by atoms with Crippen molar-refractivity contribution < 1.29 is 36.5 Å². The van der Waals surface area contributed by atoms with Gasteiger partial charge in [-0.15, -0.1) is 0 Å². The Bertz CT molecular complexity index is 3530. The van der Waals surface area contributed by atoms with E-state index >= 15 is 0 Å². The zero-order chi connectivity index (χ0) is 54.3. The van der Waals surface area contributed by atoms with Crippen LogP contribution < -0.4 is 20.0 Å².